The minimum atomic E-state index is -0.203. The molecule has 2 aromatic carbocycles. The Labute approximate surface area is 184 Å². The van der Waals surface area contributed by atoms with E-state index in [0.717, 1.165) is 44.5 Å². The van der Waals surface area contributed by atoms with Gasteiger partial charge in [0.2, 0.25) is 5.91 Å². The van der Waals surface area contributed by atoms with Gasteiger partial charge >= 0.3 is 0 Å². The van der Waals surface area contributed by atoms with Gasteiger partial charge in [0, 0.05) is 38.3 Å². The van der Waals surface area contributed by atoms with Crippen LogP contribution in [0, 0.1) is 0 Å². The number of amides is 2. The summed E-state index contributed by atoms with van der Waals surface area (Å²) < 4.78 is 5.55. The Morgan fingerprint density at radius 1 is 1.13 bits per heavy atom. The number of fused-ring (bicyclic) bond motifs is 1. The van der Waals surface area contributed by atoms with Crippen molar-refractivity contribution < 1.29 is 14.3 Å². The van der Waals surface area contributed by atoms with Crippen LogP contribution >= 0.6 is 0 Å². The topological polar surface area (TPSA) is 70.7 Å². The van der Waals surface area contributed by atoms with Crippen molar-refractivity contribution in [1.82, 2.24) is 15.5 Å². The van der Waals surface area contributed by atoms with Gasteiger partial charge in [0.1, 0.15) is 0 Å². The number of rotatable bonds is 7. The van der Waals surface area contributed by atoms with Crippen molar-refractivity contribution in [1.29, 1.82) is 0 Å². The molecule has 6 heteroatoms. The Morgan fingerprint density at radius 2 is 1.97 bits per heavy atom. The fraction of sp³-hybridized carbons (Fsp3) is 0.440. The predicted octanol–water partition coefficient (Wildman–Crippen LogP) is 2.66. The van der Waals surface area contributed by atoms with E-state index in [1.54, 1.807) is 6.07 Å². The van der Waals surface area contributed by atoms with Crippen LogP contribution in [0.1, 0.15) is 46.8 Å². The Hall–Kier alpha value is -2.70. The van der Waals surface area contributed by atoms with Gasteiger partial charge in [0.25, 0.3) is 5.91 Å². The Balaban J connectivity index is 1.28. The molecule has 164 valence electrons. The van der Waals surface area contributed by atoms with E-state index in [1.807, 2.05) is 25.1 Å². The quantitative estimate of drug-likeness (QED) is 0.721. The lowest BCUT2D eigenvalue weighted by molar-refractivity contribution is -0.126. The lowest BCUT2D eigenvalue weighted by atomic mass is 9.99. The molecule has 2 atom stereocenters. The summed E-state index contributed by atoms with van der Waals surface area (Å²) in [6.45, 7) is 5.35. The molecule has 4 rings (SSSR count). The molecule has 2 N–H and O–H groups in total. The summed E-state index contributed by atoms with van der Waals surface area (Å²) >= 11 is 0. The molecule has 1 saturated heterocycles. The number of carbonyl (C=O) groups is 2. The number of benzene rings is 2. The Bertz CT molecular complexity index is 924. The fourth-order valence-corrected chi connectivity index (χ4v) is 4.29. The van der Waals surface area contributed by atoms with Gasteiger partial charge in [-0.3, -0.25) is 14.5 Å². The van der Waals surface area contributed by atoms with E-state index in [1.165, 1.54) is 11.1 Å². The normalized spacial score (nSPS) is 19.5. The number of hydrogen-bond acceptors (Lipinski definition) is 4. The molecular formula is C25H31N3O3. The molecule has 2 unspecified atom stereocenters. The third-order valence-corrected chi connectivity index (χ3v) is 6.26. The van der Waals surface area contributed by atoms with Crippen molar-refractivity contribution in [3.8, 4) is 0 Å². The molecular weight excluding hydrogens is 390 g/mol. The second kappa shape index (κ2) is 10.1. The SMILES string of the molecule is CC(C(=O)NCc1cccc(C(=O)NCC2CCCO2)c1)N1CCc2ccccc2C1. The fourth-order valence-electron chi connectivity index (χ4n) is 4.29. The van der Waals surface area contributed by atoms with Gasteiger partial charge in [-0.05, 0) is 55.0 Å². The number of nitrogens with zero attached hydrogens (tertiary/aromatic N) is 1. The lowest BCUT2D eigenvalue weighted by Crippen LogP contribution is -2.46. The maximum atomic E-state index is 12.7. The van der Waals surface area contributed by atoms with E-state index < -0.39 is 0 Å². The van der Waals surface area contributed by atoms with Crippen LogP contribution in [0.4, 0.5) is 0 Å². The maximum absolute atomic E-state index is 12.7. The highest BCUT2D eigenvalue weighted by atomic mass is 16.5. The predicted molar refractivity (Wildman–Crippen MR) is 120 cm³/mol. The summed E-state index contributed by atoms with van der Waals surface area (Å²) in [6.07, 6.45) is 3.14. The number of carbonyl (C=O) groups excluding carboxylic acids is 2. The molecule has 31 heavy (non-hydrogen) atoms. The maximum Gasteiger partial charge on any atom is 0.251 e. The standard InChI is InChI=1S/C25H31N3O3/c1-18(28-12-11-20-7-2-3-8-22(20)17-28)24(29)26-15-19-6-4-9-21(14-19)25(30)27-16-23-10-5-13-31-23/h2-4,6-9,14,18,23H,5,10-13,15-17H2,1H3,(H,26,29)(H,27,30). The average molecular weight is 422 g/mol. The highest BCUT2D eigenvalue weighted by Gasteiger charge is 2.25. The zero-order valence-corrected chi connectivity index (χ0v) is 18.1. The molecule has 0 bridgehead atoms. The first-order chi connectivity index (χ1) is 15.1. The van der Waals surface area contributed by atoms with Crippen LogP contribution in [0.2, 0.25) is 0 Å². The Morgan fingerprint density at radius 3 is 2.77 bits per heavy atom. The third-order valence-electron chi connectivity index (χ3n) is 6.26. The highest BCUT2D eigenvalue weighted by Crippen LogP contribution is 2.20. The first kappa shape index (κ1) is 21.5. The molecule has 0 saturated carbocycles. The van der Waals surface area contributed by atoms with E-state index >= 15 is 0 Å². The van der Waals surface area contributed by atoms with Gasteiger partial charge in [0.15, 0.2) is 0 Å². The van der Waals surface area contributed by atoms with Gasteiger partial charge in [-0.1, -0.05) is 36.4 Å². The van der Waals surface area contributed by atoms with Crippen molar-refractivity contribution in [2.45, 2.75) is 51.4 Å². The minimum Gasteiger partial charge on any atom is -0.376 e. The minimum absolute atomic E-state index is 0.00705. The van der Waals surface area contributed by atoms with Crippen molar-refractivity contribution in [2.24, 2.45) is 0 Å². The zero-order chi connectivity index (χ0) is 21.6. The Kier molecular flexibility index (Phi) is 6.99. The lowest BCUT2D eigenvalue weighted by Gasteiger charge is -2.32. The van der Waals surface area contributed by atoms with Gasteiger partial charge < -0.3 is 15.4 Å². The van der Waals surface area contributed by atoms with Crippen molar-refractivity contribution in [2.75, 3.05) is 19.7 Å². The molecule has 6 nitrogen and oxygen atoms in total. The molecule has 0 aromatic heterocycles. The van der Waals surface area contributed by atoms with Crippen LogP contribution in [-0.4, -0.2) is 48.6 Å². The van der Waals surface area contributed by atoms with Crippen LogP contribution in [-0.2, 0) is 29.0 Å². The van der Waals surface area contributed by atoms with Crippen molar-refractivity contribution >= 4 is 11.8 Å². The monoisotopic (exact) mass is 421 g/mol. The third kappa shape index (κ3) is 5.51. The number of nitrogens with one attached hydrogen (secondary N) is 2. The average Bonchev–Trinajstić information content (AvgIpc) is 3.34. The largest absolute Gasteiger partial charge is 0.376 e. The molecule has 0 aliphatic carbocycles. The molecule has 2 aliphatic rings. The van der Waals surface area contributed by atoms with Crippen LogP contribution < -0.4 is 10.6 Å². The van der Waals surface area contributed by atoms with E-state index in [2.05, 4.69) is 39.8 Å². The first-order valence-corrected chi connectivity index (χ1v) is 11.2. The van der Waals surface area contributed by atoms with Crippen molar-refractivity contribution in [3.63, 3.8) is 0 Å². The summed E-state index contributed by atoms with van der Waals surface area (Å²) in [7, 11) is 0. The second-order valence-corrected chi connectivity index (χ2v) is 8.43. The molecule has 2 heterocycles. The zero-order valence-electron chi connectivity index (χ0n) is 18.1. The van der Waals surface area contributed by atoms with Crippen LogP contribution in [0.5, 0.6) is 0 Å². The summed E-state index contributed by atoms with van der Waals surface area (Å²) in [5.74, 6) is -0.100. The molecule has 0 spiro atoms. The van der Waals surface area contributed by atoms with E-state index in [4.69, 9.17) is 4.74 Å². The molecule has 2 amide bonds. The molecule has 1 fully saturated rings. The molecule has 2 aromatic rings. The highest BCUT2D eigenvalue weighted by molar-refractivity contribution is 5.94. The van der Waals surface area contributed by atoms with Crippen molar-refractivity contribution in [3.05, 3.63) is 70.8 Å². The summed E-state index contributed by atoms with van der Waals surface area (Å²) in [5, 5.41) is 5.97. The first-order valence-electron chi connectivity index (χ1n) is 11.2. The molecule has 2 aliphatic heterocycles. The van der Waals surface area contributed by atoms with E-state index in [0.29, 0.717) is 18.7 Å². The number of hydrogen-bond donors (Lipinski definition) is 2. The van der Waals surface area contributed by atoms with Gasteiger partial charge in [-0.25, -0.2) is 0 Å². The van der Waals surface area contributed by atoms with Crippen LogP contribution in [0.15, 0.2) is 48.5 Å². The molecule has 0 radical (unpaired) electrons. The summed E-state index contributed by atoms with van der Waals surface area (Å²) in [6, 6.07) is 15.6. The summed E-state index contributed by atoms with van der Waals surface area (Å²) in [5.41, 5.74) is 4.19. The van der Waals surface area contributed by atoms with Crippen LogP contribution in [0.25, 0.3) is 0 Å². The van der Waals surface area contributed by atoms with E-state index in [-0.39, 0.29) is 24.0 Å². The van der Waals surface area contributed by atoms with Crippen LogP contribution in [0.3, 0.4) is 0 Å². The smallest absolute Gasteiger partial charge is 0.251 e. The van der Waals surface area contributed by atoms with E-state index in [9.17, 15) is 9.59 Å². The second-order valence-electron chi connectivity index (χ2n) is 8.43. The summed E-state index contributed by atoms with van der Waals surface area (Å²) in [4.78, 5) is 27.4. The number of ether oxygens (including phenoxy) is 1. The van der Waals surface area contributed by atoms with Gasteiger partial charge in [0.05, 0.1) is 12.1 Å². The van der Waals surface area contributed by atoms with Gasteiger partial charge in [-0.15, -0.1) is 0 Å². The van der Waals surface area contributed by atoms with Gasteiger partial charge in [-0.2, -0.15) is 0 Å².